The normalized spacial score (nSPS) is 22.9. The number of aliphatic carboxylic acids is 1. The molecule has 0 bridgehead atoms. The van der Waals surface area contributed by atoms with Gasteiger partial charge in [0.1, 0.15) is 11.8 Å². The number of aromatic nitrogens is 3. The van der Waals surface area contributed by atoms with Crippen LogP contribution in [0.4, 0.5) is 13.2 Å². The number of halogens is 3. The molecule has 0 radical (unpaired) electrons. The van der Waals surface area contributed by atoms with Gasteiger partial charge in [-0.1, -0.05) is 6.07 Å². The highest BCUT2D eigenvalue weighted by Gasteiger charge is 2.45. The number of ether oxygens (including phenoxy) is 2. The molecule has 2 saturated heterocycles. The van der Waals surface area contributed by atoms with Crippen LogP contribution in [0.5, 0.6) is 5.88 Å². The van der Waals surface area contributed by atoms with Crippen molar-refractivity contribution in [3.05, 3.63) is 42.4 Å². The quantitative estimate of drug-likeness (QED) is 0.755. The summed E-state index contributed by atoms with van der Waals surface area (Å²) in [7, 11) is 1.81. The maximum absolute atomic E-state index is 12.7. The van der Waals surface area contributed by atoms with Crippen molar-refractivity contribution in [2.45, 2.75) is 37.1 Å². The molecule has 0 unspecified atom stereocenters. The van der Waals surface area contributed by atoms with Gasteiger partial charge >= 0.3 is 12.1 Å². The van der Waals surface area contributed by atoms with E-state index in [-0.39, 0.29) is 17.6 Å². The fraction of sp³-hybridized carbons (Fsp3) is 0.500. The van der Waals surface area contributed by atoms with Crippen LogP contribution < -0.4 is 4.74 Å². The maximum atomic E-state index is 12.7. The van der Waals surface area contributed by atoms with E-state index >= 15 is 0 Å². The first-order valence-electron chi connectivity index (χ1n) is 9.89. The number of alkyl halides is 3. The highest BCUT2D eigenvalue weighted by Crippen LogP contribution is 2.36. The van der Waals surface area contributed by atoms with Gasteiger partial charge in [-0.2, -0.15) is 18.3 Å². The van der Waals surface area contributed by atoms with Crippen LogP contribution in [-0.2, 0) is 16.6 Å². The van der Waals surface area contributed by atoms with Crippen molar-refractivity contribution >= 4 is 11.9 Å². The molecule has 2 atom stereocenters. The van der Waals surface area contributed by atoms with E-state index in [9.17, 15) is 18.0 Å². The topological polar surface area (TPSA) is 107 Å². The molecular formula is C20H23F3N4O5. The van der Waals surface area contributed by atoms with E-state index in [0.29, 0.717) is 24.7 Å². The number of carbonyl (C=O) groups is 2. The average Bonchev–Trinajstić information content (AvgIpc) is 3.34. The molecule has 1 N–H and O–H groups in total. The number of likely N-dealkylation sites (tertiary alicyclic amines) is 1. The van der Waals surface area contributed by atoms with Crippen molar-refractivity contribution in [3.63, 3.8) is 0 Å². The summed E-state index contributed by atoms with van der Waals surface area (Å²) in [5, 5.41) is 11.3. The van der Waals surface area contributed by atoms with Crippen LogP contribution in [0.25, 0.3) is 0 Å². The van der Waals surface area contributed by atoms with Crippen molar-refractivity contribution in [2.75, 3.05) is 19.7 Å². The Kier molecular flexibility index (Phi) is 7.02. The Labute approximate surface area is 181 Å². The molecule has 32 heavy (non-hydrogen) atoms. The van der Waals surface area contributed by atoms with Crippen molar-refractivity contribution in [2.24, 2.45) is 7.05 Å². The summed E-state index contributed by atoms with van der Waals surface area (Å²) in [6, 6.07) is 7.37. The summed E-state index contributed by atoms with van der Waals surface area (Å²) in [6.45, 7) is 1.86. The van der Waals surface area contributed by atoms with Gasteiger partial charge < -0.3 is 19.5 Å². The molecule has 2 aliphatic heterocycles. The van der Waals surface area contributed by atoms with Gasteiger partial charge in [0.05, 0.1) is 18.8 Å². The van der Waals surface area contributed by atoms with E-state index in [2.05, 4.69) is 10.1 Å². The summed E-state index contributed by atoms with van der Waals surface area (Å²) in [5.74, 6) is -2.17. The van der Waals surface area contributed by atoms with Crippen molar-refractivity contribution in [1.29, 1.82) is 0 Å². The molecule has 2 fully saturated rings. The van der Waals surface area contributed by atoms with Crippen LogP contribution in [0, 0.1) is 0 Å². The second kappa shape index (κ2) is 9.55. The zero-order chi connectivity index (χ0) is 23.4. The van der Waals surface area contributed by atoms with E-state index in [1.54, 1.807) is 23.1 Å². The minimum Gasteiger partial charge on any atom is -0.475 e. The smallest absolute Gasteiger partial charge is 0.475 e. The number of carboxylic acids is 1. The van der Waals surface area contributed by atoms with Crippen molar-refractivity contribution < 1.29 is 37.3 Å². The number of aryl methyl sites for hydroxylation is 1. The Hall–Kier alpha value is -3.15. The van der Waals surface area contributed by atoms with Gasteiger partial charge in [0.15, 0.2) is 0 Å². The third-order valence-corrected chi connectivity index (χ3v) is 5.10. The van der Waals surface area contributed by atoms with E-state index in [1.807, 2.05) is 30.1 Å². The first-order chi connectivity index (χ1) is 15.1. The van der Waals surface area contributed by atoms with Gasteiger partial charge in [-0.3, -0.25) is 9.48 Å². The molecule has 174 valence electrons. The van der Waals surface area contributed by atoms with Crippen LogP contribution in [-0.4, -0.2) is 74.2 Å². The molecule has 4 heterocycles. The summed E-state index contributed by atoms with van der Waals surface area (Å²) in [6.07, 6.45) is 1.04. The van der Waals surface area contributed by atoms with Gasteiger partial charge in [-0.15, -0.1) is 0 Å². The molecule has 1 amide bonds. The fourth-order valence-corrected chi connectivity index (χ4v) is 3.71. The summed E-state index contributed by atoms with van der Waals surface area (Å²) in [4.78, 5) is 27.6. The van der Waals surface area contributed by atoms with Crippen molar-refractivity contribution in [3.8, 4) is 5.88 Å². The number of carboxylic acid groups (broad SMARTS) is 1. The molecule has 2 aromatic rings. The number of hydrogen-bond acceptors (Lipinski definition) is 6. The van der Waals surface area contributed by atoms with Gasteiger partial charge in [0.25, 0.3) is 5.91 Å². The lowest BCUT2D eigenvalue weighted by atomic mass is 9.89. The molecule has 9 nitrogen and oxygen atoms in total. The van der Waals surface area contributed by atoms with Crippen molar-refractivity contribution in [1.82, 2.24) is 19.7 Å². The molecule has 12 heteroatoms. The second-order valence-corrected chi connectivity index (χ2v) is 7.61. The van der Waals surface area contributed by atoms with Gasteiger partial charge in [-0.25, -0.2) is 9.78 Å². The lowest BCUT2D eigenvalue weighted by molar-refractivity contribution is -0.192. The summed E-state index contributed by atoms with van der Waals surface area (Å²) >= 11 is 0. The zero-order valence-electron chi connectivity index (χ0n) is 17.3. The number of pyridine rings is 1. The molecule has 4 rings (SSSR count). The average molecular weight is 456 g/mol. The molecule has 0 aliphatic carbocycles. The third-order valence-electron chi connectivity index (χ3n) is 5.10. The Morgan fingerprint density at radius 1 is 1.31 bits per heavy atom. The molecule has 0 saturated carbocycles. The van der Waals surface area contributed by atoms with E-state index in [1.165, 1.54) is 0 Å². The number of nitrogens with zero attached hydrogens (tertiary/aromatic N) is 4. The first-order valence-corrected chi connectivity index (χ1v) is 9.89. The predicted octanol–water partition coefficient (Wildman–Crippen LogP) is 2.29. The SMILES string of the molecule is Cn1ccc(C(=O)N2CCC[C@]3(C[C@@H](Oc4ccccn4)CO3)C2)n1.O=C(O)C(F)(F)F. The Morgan fingerprint density at radius 2 is 2.06 bits per heavy atom. The lowest BCUT2D eigenvalue weighted by Crippen LogP contribution is -2.50. The highest BCUT2D eigenvalue weighted by molar-refractivity contribution is 5.92. The molecule has 2 aromatic heterocycles. The number of piperidine rings is 1. The Balaban J connectivity index is 0.000000360. The minimum absolute atomic E-state index is 0.0280. The largest absolute Gasteiger partial charge is 0.490 e. The van der Waals surface area contributed by atoms with Crippen LogP contribution in [0.15, 0.2) is 36.7 Å². The monoisotopic (exact) mass is 456 g/mol. The number of carbonyl (C=O) groups excluding carboxylic acids is 1. The second-order valence-electron chi connectivity index (χ2n) is 7.61. The van der Waals surface area contributed by atoms with E-state index in [0.717, 1.165) is 25.8 Å². The van der Waals surface area contributed by atoms with E-state index in [4.69, 9.17) is 19.4 Å². The first kappa shape index (κ1) is 23.5. The van der Waals surface area contributed by atoms with Crippen LogP contribution in [0.3, 0.4) is 0 Å². The predicted molar refractivity (Wildman–Crippen MR) is 104 cm³/mol. The number of amides is 1. The Bertz CT molecular complexity index is 937. The van der Waals surface area contributed by atoms with Gasteiger partial charge in [0.2, 0.25) is 5.88 Å². The molecule has 1 spiro atoms. The molecule has 0 aromatic carbocycles. The fourth-order valence-electron chi connectivity index (χ4n) is 3.71. The lowest BCUT2D eigenvalue weighted by Gasteiger charge is -2.39. The minimum atomic E-state index is -5.08. The number of rotatable bonds is 3. The summed E-state index contributed by atoms with van der Waals surface area (Å²) in [5.41, 5.74) is 0.168. The standard InChI is InChI=1S/C18H22N4O3.C2HF3O2/c1-21-10-6-15(20-21)17(23)22-9-4-7-18(13-22)11-14(12-24-18)25-16-5-2-3-8-19-16;3-2(4,5)1(6)7/h2-3,5-6,8,10,14H,4,7,9,11-13H2,1H3;(H,6,7)/t14-,18+;/m1./s1. The number of hydrogen-bond donors (Lipinski definition) is 1. The summed E-state index contributed by atoms with van der Waals surface area (Å²) < 4.78 is 45.4. The highest BCUT2D eigenvalue weighted by atomic mass is 19.4. The molecular weight excluding hydrogens is 433 g/mol. The van der Waals surface area contributed by atoms with E-state index < -0.39 is 12.1 Å². The van der Waals surface area contributed by atoms with Gasteiger partial charge in [-0.05, 0) is 25.0 Å². The maximum Gasteiger partial charge on any atom is 0.490 e. The van der Waals surface area contributed by atoms with Crippen LogP contribution >= 0.6 is 0 Å². The zero-order valence-corrected chi connectivity index (χ0v) is 17.3. The molecule has 2 aliphatic rings. The third kappa shape index (κ3) is 5.96. The van der Waals surface area contributed by atoms with Gasteiger partial charge in [0, 0.05) is 38.5 Å². The van der Waals surface area contributed by atoms with Crippen LogP contribution in [0.2, 0.25) is 0 Å². The van der Waals surface area contributed by atoms with Crippen LogP contribution in [0.1, 0.15) is 29.8 Å². The Morgan fingerprint density at radius 3 is 2.66 bits per heavy atom.